The van der Waals surface area contributed by atoms with Crippen molar-refractivity contribution in [3.63, 3.8) is 0 Å². The number of ether oxygens (including phenoxy) is 1. The number of fused-ring (bicyclic) bond motifs is 2. The number of nitrogens with zero attached hydrogens (tertiary/aromatic N) is 1. The molecule has 1 aliphatic rings. The molecule has 2 heteroatoms. The van der Waals surface area contributed by atoms with Crippen LogP contribution in [-0.2, 0) is 0 Å². The lowest BCUT2D eigenvalue weighted by atomic mass is 9.80. The van der Waals surface area contributed by atoms with Crippen LogP contribution in [0, 0.1) is 26.7 Å². The average Bonchev–Trinajstić information content (AvgIpc) is 2.81. The topological polar surface area (TPSA) is 22.1 Å². The smallest absolute Gasteiger partial charge is 0.128 e. The van der Waals surface area contributed by atoms with Crippen LogP contribution >= 0.6 is 0 Å². The Morgan fingerprint density at radius 1 is 0.889 bits per heavy atom. The summed E-state index contributed by atoms with van der Waals surface area (Å²) in [6.45, 7) is 17.6. The molecular weight excluding hydrogens is 438 g/mol. The SMILES string of the molecule is CC1=C(c2c(OC(C)(C)C)cc3ccnc(-c4cc5ccccc5c(C)c4C)c3c2C)C(C)CC=C1. The van der Waals surface area contributed by atoms with Gasteiger partial charge in [-0.25, -0.2) is 0 Å². The number of rotatable bonds is 3. The largest absolute Gasteiger partial charge is 0.487 e. The zero-order chi connectivity index (χ0) is 25.8. The normalized spacial score (nSPS) is 16.3. The lowest BCUT2D eigenvalue weighted by Gasteiger charge is -2.30. The van der Waals surface area contributed by atoms with E-state index in [1.165, 1.54) is 60.5 Å². The summed E-state index contributed by atoms with van der Waals surface area (Å²) in [6.07, 6.45) is 7.54. The van der Waals surface area contributed by atoms with E-state index in [0.29, 0.717) is 5.92 Å². The molecule has 1 heterocycles. The van der Waals surface area contributed by atoms with Crippen molar-refractivity contribution in [2.45, 2.75) is 67.4 Å². The van der Waals surface area contributed by atoms with Crippen molar-refractivity contribution in [2.75, 3.05) is 0 Å². The van der Waals surface area contributed by atoms with Gasteiger partial charge in [0.15, 0.2) is 0 Å². The molecule has 0 N–H and O–H groups in total. The summed E-state index contributed by atoms with van der Waals surface area (Å²) in [4.78, 5) is 5.00. The molecule has 0 bridgehead atoms. The molecule has 1 unspecified atom stereocenters. The number of pyridine rings is 1. The maximum atomic E-state index is 6.64. The second-order valence-electron chi connectivity index (χ2n) is 11.4. The molecule has 0 amide bonds. The summed E-state index contributed by atoms with van der Waals surface area (Å²) < 4.78 is 6.64. The van der Waals surface area contributed by atoms with Crippen molar-refractivity contribution >= 4 is 27.1 Å². The van der Waals surface area contributed by atoms with Crippen molar-refractivity contribution in [1.82, 2.24) is 4.98 Å². The van der Waals surface area contributed by atoms with Gasteiger partial charge >= 0.3 is 0 Å². The third-order valence-corrected chi connectivity index (χ3v) is 7.61. The second kappa shape index (κ2) is 8.92. The van der Waals surface area contributed by atoms with E-state index in [4.69, 9.17) is 9.72 Å². The van der Waals surface area contributed by atoms with E-state index >= 15 is 0 Å². The molecule has 1 aliphatic carbocycles. The fraction of sp³-hybridized carbons (Fsp3) is 0.324. The average molecular weight is 476 g/mol. The lowest BCUT2D eigenvalue weighted by Crippen LogP contribution is -2.24. The fourth-order valence-electron chi connectivity index (χ4n) is 5.83. The van der Waals surface area contributed by atoms with Gasteiger partial charge < -0.3 is 4.74 Å². The summed E-state index contributed by atoms with van der Waals surface area (Å²) in [5.74, 6) is 1.39. The predicted molar refractivity (Wildman–Crippen MR) is 155 cm³/mol. The molecule has 1 atom stereocenters. The molecule has 184 valence electrons. The maximum absolute atomic E-state index is 6.64. The Hall–Kier alpha value is -3.39. The minimum Gasteiger partial charge on any atom is -0.487 e. The van der Waals surface area contributed by atoms with E-state index in [9.17, 15) is 0 Å². The molecule has 0 aliphatic heterocycles. The second-order valence-corrected chi connectivity index (χ2v) is 11.4. The molecule has 0 saturated heterocycles. The highest BCUT2D eigenvalue weighted by molar-refractivity contribution is 6.04. The van der Waals surface area contributed by atoms with E-state index < -0.39 is 0 Å². The van der Waals surface area contributed by atoms with E-state index in [2.05, 4.69) is 110 Å². The van der Waals surface area contributed by atoms with Crippen LogP contribution in [0.1, 0.15) is 63.3 Å². The summed E-state index contributed by atoms with van der Waals surface area (Å²) in [5.41, 5.74) is 9.75. The predicted octanol–water partition coefficient (Wildman–Crippen LogP) is 9.53. The number of aromatic nitrogens is 1. The van der Waals surface area contributed by atoms with Crippen LogP contribution in [0.15, 0.2) is 66.4 Å². The van der Waals surface area contributed by atoms with Gasteiger partial charge in [-0.15, -0.1) is 0 Å². The van der Waals surface area contributed by atoms with Gasteiger partial charge in [0.2, 0.25) is 0 Å². The van der Waals surface area contributed by atoms with Crippen LogP contribution in [0.25, 0.3) is 38.4 Å². The molecule has 0 fully saturated rings. The highest BCUT2D eigenvalue weighted by Crippen LogP contribution is 2.46. The van der Waals surface area contributed by atoms with Gasteiger partial charge in [0, 0.05) is 22.7 Å². The van der Waals surface area contributed by atoms with Crippen molar-refractivity contribution in [2.24, 2.45) is 5.92 Å². The molecule has 0 saturated carbocycles. The van der Waals surface area contributed by atoms with Gasteiger partial charge in [0.25, 0.3) is 0 Å². The van der Waals surface area contributed by atoms with Gasteiger partial charge in [0.05, 0.1) is 5.69 Å². The van der Waals surface area contributed by atoms with Crippen molar-refractivity contribution in [3.8, 4) is 17.0 Å². The molecule has 36 heavy (non-hydrogen) atoms. The number of allylic oxidation sites excluding steroid dienone is 4. The van der Waals surface area contributed by atoms with Gasteiger partial charge in [-0.2, -0.15) is 0 Å². The fourth-order valence-corrected chi connectivity index (χ4v) is 5.83. The Balaban J connectivity index is 1.88. The van der Waals surface area contributed by atoms with Gasteiger partial charge in [-0.05, 0) is 123 Å². The van der Waals surface area contributed by atoms with Gasteiger partial charge in [-0.1, -0.05) is 43.3 Å². The zero-order valence-corrected chi connectivity index (χ0v) is 22.9. The first kappa shape index (κ1) is 24.3. The van der Waals surface area contributed by atoms with Crippen molar-refractivity contribution < 1.29 is 4.74 Å². The van der Waals surface area contributed by atoms with Crippen LogP contribution in [0.3, 0.4) is 0 Å². The highest BCUT2D eigenvalue weighted by atomic mass is 16.5. The lowest BCUT2D eigenvalue weighted by molar-refractivity contribution is 0.130. The van der Waals surface area contributed by atoms with Crippen molar-refractivity contribution in [3.05, 3.63) is 88.6 Å². The Morgan fingerprint density at radius 2 is 1.64 bits per heavy atom. The highest BCUT2D eigenvalue weighted by Gasteiger charge is 2.26. The number of benzene rings is 3. The molecular formula is C34H37NO. The number of hydrogen-bond donors (Lipinski definition) is 0. The first-order valence-corrected chi connectivity index (χ1v) is 13.0. The van der Waals surface area contributed by atoms with Gasteiger partial charge in [-0.3, -0.25) is 4.98 Å². The van der Waals surface area contributed by atoms with Crippen LogP contribution in [-0.4, -0.2) is 10.6 Å². The van der Waals surface area contributed by atoms with E-state index in [0.717, 1.165) is 17.9 Å². The molecule has 4 aromatic rings. The monoisotopic (exact) mass is 475 g/mol. The summed E-state index contributed by atoms with van der Waals surface area (Å²) in [6, 6.07) is 15.3. The van der Waals surface area contributed by atoms with E-state index in [-0.39, 0.29) is 5.60 Å². The molecule has 2 nitrogen and oxygen atoms in total. The minimum atomic E-state index is -0.293. The Morgan fingerprint density at radius 3 is 2.36 bits per heavy atom. The van der Waals surface area contributed by atoms with Gasteiger partial charge in [0.1, 0.15) is 11.4 Å². The Bertz CT molecular complexity index is 1560. The van der Waals surface area contributed by atoms with E-state index in [1.807, 2.05) is 6.20 Å². The number of hydrogen-bond acceptors (Lipinski definition) is 2. The molecule has 3 aromatic carbocycles. The molecule has 0 radical (unpaired) electrons. The Kier molecular flexibility index (Phi) is 6.03. The van der Waals surface area contributed by atoms with Crippen LogP contribution in [0.2, 0.25) is 0 Å². The quantitative estimate of drug-likeness (QED) is 0.294. The third kappa shape index (κ3) is 4.13. The molecule has 0 spiro atoms. The zero-order valence-electron chi connectivity index (χ0n) is 22.9. The summed E-state index contributed by atoms with van der Waals surface area (Å²) >= 11 is 0. The van der Waals surface area contributed by atoms with E-state index in [1.54, 1.807) is 0 Å². The minimum absolute atomic E-state index is 0.293. The molecule has 5 rings (SSSR count). The van der Waals surface area contributed by atoms with Crippen LogP contribution < -0.4 is 4.74 Å². The first-order valence-electron chi connectivity index (χ1n) is 13.0. The number of aryl methyl sites for hydroxylation is 2. The summed E-state index contributed by atoms with van der Waals surface area (Å²) in [5, 5.41) is 4.95. The maximum Gasteiger partial charge on any atom is 0.128 e. The van der Waals surface area contributed by atoms with Crippen LogP contribution in [0.4, 0.5) is 0 Å². The first-order chi connectivity index (χ1) is 17.1. The third-order valence-electron chi connectivity index (χ3n) is 7.61. The Labute approximate surface area is 215 Å². The van der Waals surface area contributed by atoms with Crippen LogP contribution in [0.5, 0.6) is 5.75 Å². The molecule has 1 aromatic heterocycles. The van der Waals surface area contributed by atoms with Crippen molar-refractivity contribution in [1.29, 1.82) is 0 Å². The summed E-state index contributed by atoms with van der Waals surface area (Å²) in [7, 11) is 0. The standard InChI is InChI=1S/C34H37NO/c1-20-12-11-13-21(2)30(20)32-24(5)31-26(19-29(32)36-34(6,7)8)16-17-35-33(31)28-18-25-14-9-10-15-27(25)22(3)23(28)4/h9-12,14-19,21H,13H2,1-8H3.